The van der Waals surface area contributed by atoms with Crippen molar-refractivity contribution in [1.29, 1.82) is 0 Å². The highest BCUT2D eigenvalue weighted by Crippen LogP contribution is 2.30. The predicted molar refractivity (Wildman–Crippen MR) is 75.4 cm³/mol. The minimum Gasteiger partial charge on any atom is -0.485 e. The van der Waals surface area contributed by atoms with Gasteiger partial charge in [-0.25, -0.2) is 5.43 Å². The number of nitrogens with zero attached hydrogens (tertiary/aromatic N) is 1. The fourth-order valence-electron chi connectivity index (χ4n) is 2.34. The number of fused-ring (bicyclic) bond motifs is 1. The van der Waals surface area contributed by atoms with Crippen LogP contribution in [0.25, 0.3) is 0 Å². The maximum Gasteiger partial charge on any atom is 0.284 e. The smallest absolute Gasteiger partial charge is 0.284 e. The van der Waals surface area contributed by atoms with E-state index in [0.717, 1.165) is 18.6 Å². The molecule has 1 unspecified atom stereocenters. The van der Waals surface area contributed by atoms with Crippen LogP contribution in [0.2, 0.25) is 0 Å². The normalized spacial score (nSPS) is 23.0. The molecule has 1 atom stereocenters. The molecule has 2 aliphatic rings. The molecule has 1 aliphatic carbocycles. The van der Waals surface area contributed by atoms with Crippen molar-refractivity contribution in [2.24, 2.45) is 5.10 Å². The molecule has 6 nitrogen and oxygen atoms in total. The van der Waals surface area contributed by atoms with E-state index < -0.39 is 6.10 Å². The van der Waals surface area contributed by atoms with E-state index >= 15 is 0 Å². The summed E-state index contributed by atoms with van der Waals surface area (Å²) in [5.74, 6) is 0.977. The molecular formula is C15H16N2O4. The second-order valence-corrected chi connectivity index (χ2v) is 5.09. The van der Waals surface area contributed by atoms with E-state index in [1.807, 2.05) is 12.1 Å². The number of rotatable bonds is 2. The molecule has 0 radical (unpaired) electrons. The number of hydrogen-bond acceptors (Lipinski definition) is 5. The van der Waals surface area contributed by atoms with Gasteiger partial charge in [0, 0.05) is 18.6 Å². The molecule has 1 fully saturated rings. The fraction of sp³-hybridized carbons (Fsp3) is 0.400. The Morgan fingerprint density at radius 3 is 2.86 bits per heavy atom. The van der Waals surface area contributed by atoms with E-state index in [1.165, 1.54) is 0 Å². The molecule has 1 aromatic carbocycles. The highest BCUT2D eigenvalue weighted by atomic mass is 16.6. The van der Waals surface area contributed by atoms with E-state index in [2.05, 4.69) is 10.5 Å². The van der Waals surface area contributed by atoms with Crippen LogP contribution in [0, 0.1) is 0 Å². The first-order chi connectivity index (χ1) is 10.2. The van der Waals surface area contributed by atoms with E-state index in [0.29, 0.717) is 24.3 Å². The van der Waals surface area contributed by atoms with E-state index in [4.69, 9.17) is 9.47 Å². The number of nitrogens with one attached hydrogen (secondary N) is 1. The van der Waals surface area contributed by atoms with Gasteiger partial charge in [-0.15, -0.1) is 0 Å². The zero-order valence-corrected chi connectivity index (χ0v) is 11.5. The summed E-state index contributed by atoms with van der Waals surface area (Å²) in [6, 6.07) is 7.20. The molecule has 21 heavy (non-hydrogen) atoms. The summed E-state index contributed by atoms with van der Waals surface area (Å²) in [6.45, 7) is 0.145. The maximum atomic E-state index is 12.0. The Bertz CT molecular complexity index is 597. The van der Waals surface area contributed by atoms with Crippen LogP contribution in [0.1, 0.15) is 25.7 Å². The van der Waals surface area contributed by atoms with Crippen LogP contribution < -0.4 is 14.9 Å². The largest absolute Gasteiger partial charge is 0.485 e. The van der Waals surface area contributed by atoms with Gasteiger partial charge in [-0.1, -0.05) is 12.1 Å². The van der Waals surface area contributed by atoms with Gasteiger partial charge in [0.1, 0.15) is 12.4 Å². The summed E-state index contributed by atoms with van der Waals surface area (Å²) < 4.78 is 11.1. The maximum absolute atomic E-state index is 12.0. The molecule has 0 saturated heterocycles. The van der Waals surface area contributed by atoms with E-state index in [1.54, 1.807) is 12.1 Å². The summed E-state index contributed by atoms with van der Waals surface area (Å²) >= 11 is 0. The zero-order chi connectivity index (χ0) is 14.7. The van der Waals surface area contributed by atoms with Gasteiger partial charge in [0.05, 0.1) is 0 Å². The molecule has 1 amide bonds. The number of para-hydroxylation sites is 2. The quantitative estimate of drug-likeness (QED) is 0.835. The van der Waals surface area contributed by atoms with Crippen LogP contribution in [0.3, 0.4) is 0 Å². The van der Waals surface area contributed by atoms with Crippen molar-refractivity contribution in [2.45, 2.75) is 31.8 Å². The van der Waals surface area contributed by atoms with Crippen molar-refractivity contribution < 1.29 is 19.1 Å². The summed E-state index contributed by atoms with van der Waals surface area (Å²) in [5.41, 5.74) is 3.18. The molecule has 3 rings (SSSR count). The van der Waals surface area contributed by atoms with Crippen LogP contribution in [0.5, 0.6) is 11.5 Å². The molecule has 0 bridgehead atoms. The topological polar surface area (TPSA) is 77.0 Å². The number of carbonyl (C=O) groups is 2. The lowest BCUT2D eigenvalue weighted by atomic mass is 9.97. The molecule has 110 valence electrons. The minimum atomic E-state index is -0.733. The number of hydrogen-bond donors (Lipinski definition) is 1. The van der Waals surface area contributed by atoms with Crippen LogP contribution >= 0.6 is 0 Å². The summed E-state index contributed by atoms with van der Waals surface area (Å²) in [6.07, 6.45) is 1.73. The predicted octanol–water partition coefficient (Wildman–Crippen LogP) is 1.44. The van der Waals surface area contributed by atoms with Gasteiger partial charge in [0.2, 0.25) is 6.10 Å². The Kier molecular flexibility index (Phi) is 3.85. The third kappa shape index (κ3) is 3.21. The molecule has 1 saturated carbocycles. The summed E-state index contributed by atoms with van der Waals surface area (Å²) in [7, 11) is 0. The molecule has 1 aromatic rings. The second kappa shape index (κ2) is 5.95. The van der Waals surface area contributed by atoms with Crippen LogP contribution in [-0.2, 0) is 9.59 Å². The fourth-order valence-corrected chi connectivity index (χ4v) is 2.34. The molecule has 1 heterocycles. The minimum absolute atomic E-state index is 0.145. The Morgan fingerprint density at radius 1 is 1.24 bits per heavy atom. The number of amides is 1. The standard InChI is InChI=1S/C15H16N2O4/c18-11-5-3-4-10(8-11)16-17-15(19)14-9-20-12-6-1-2-7-13(12)21-14/h1-2,6-7,14H,3-5,8-9H2,(H,17,19). The van der Waals surface area contributed by atoms with E-state index in [9.17, 15) is 9.59 Å². The van der Waals surface area contributed by atoms with Crippen molar-refractivity contribution in [3.05, 3.63) is 24.3 Å². The number of hydrazone groups is 1. The van der Waals surface area contributed by atoms with E-state index in [-0.39, 0.29) is 18.3 Å². The van der Waals surface area contributed by atoms with Gasteiger partial charge in [-0.2, -0.15) is 5.10 Å². The number of benzene rings is 1. The molecule has 6 heteroatoms. The van der Waals surface area contributed by atoms with Crippen LogP contribution in [-0.4, -0.2) is 30.1 Å². The first-order valence-corrected chi connectivity index (χ1v) is 6.98. The van der Waals surface area contributed by atoms with Gasteiger partial charge in [0.25, 0.3) is 5.91 Å². The van der Waals surface area contributed by atoms with Crippen molar-refractivity contribution in [2.75, 3.05) is 6.61 Å². The number of ketones is 1. The zero-order valence-electron chi connectivity index (χ0n) is 11.5. The Hall–Kier alpha value is -2.37. The summed E-state index contributed by atoms with van der Waals surface area (Å²) in [4.78, 5) is 23.3. The third-order valence-corrected chi connectivity index (χ3v) is 3.45. The first kappa shape index (κ1) is 13.6. The molecule has 1 aliphatic heterocycles. The van der Waals surface area contributed by atoms with Gasteiger partial charge in [0.15, 0.2) is 11.5 Å². The Morgan fingerprint density at radius 2 is 2.05 bits per heavy atom. The molecule has 0 aromatic heterocycles. The lowest BCUT2D eigenvalue weighted by Gasteiger charge is -2.25. The monoisotopic (exact) mass is 288 g/mol. The van der Waals surface area contributed by atoms with Crippen molar-refractivity contribution in [1.82, 2.24) is 5.43 Å². The number of carbonyl (C=O) groups excluding carboxylic acids is 2. The molecule has 1 N–H and O–H groups in total. The SMILES string of the molecule is O=C1CCCC(=NNC(=O)C2COc3ccccc3O2)C1. The van der Waals surface area contributed by atoms with Gasteiger partial charge >= 0.3 is 0 Å². The van der Waals surface area contributed by atoms with Crippen LogP contribution in [0.4, 0.5) is 0 Å². The van der Waals surface area contributed by atoms with Crippen molar-refractivity contribution >= 4 is 17.4 Å². The lowest BCUT2D eigenvalue weighted by Crippen LogP contribution is -2.42. The first-order valence-electron chi connectivity index (χ1n) is 6.98. The van der Waals surface area contributed by atoms with Gasteiger partial charge in [-0.3, -0.25) is 9.59 Å². The van der Waals surface area contributed by atoms with Crippen LogP contribution in [0.15, 0.2) is 29.4 Å². The average molecular weight is 288 g/mol. The molecular weight excluding hydrogens is 272 g/mol. The Labute approximate surface area is 122 Å². The third-order valence-electron chi connectivity index (χ3n) is 3.45. The average Bonchev–Trinajstić information content (AvgIpc) is 2.52. The lowest BCUT2D eigenvalue weighted by molar-refractivity contribution is -0.130. The Balaban J connectivity index is 1.59. The summed E-state index contributed by atoms with van der Waals surface area (Å²) in [5, 5.41) is 4.03. The number of Topliss-reactive ketones (excluding diaryl/α,β-unsaturated/α-hetero) is 1. The van der Waals surface area contributed by atoms with Crippen molar-refractivity contribution in [3.8, 4) is 11.5 Å². The highest BCUT2D eigenvalue weighted by Gasteiger charge is 2.27. The van der Waals surface area contributed by atoms with Gasteiger partial charge < -0.3 is 9.47 Å². The molecule has 0 spiro atoms. The van der Waals surface area contributed by atoms with Gasteiger partial charge in [-0.05, 0) is 25.0 Å². The number of ether oxygens (including phenoxy) is 2. The van der Waals surface area contributed by atoms with Crippen molar-refractivity contribution in [3.63, 3.8) is 0 Å². The highest BCUT2D eigenvalue weighted by molar-refractivity contribution is 6.04. The second-order valence-electron chi connectivity index (χ2n) is 5.09.